The number of ketones is 1. The number of furan rings is 1. The fourth-order valence-corrected chi connectivity index (χ4v) is 9.82. The number of nitrogens with zero attached hydrogens (tertiary/aromatic N) is 1. The number of terminal acetylenes is 1. The van der Waals surface area contributed by atoms with Gasteiger partial charge >= 0.3 is 5.97 Å². The first-order valence-electron chi connectivity index (χ1n) is 13.6. The third kappa shape index (κ3) is 2.82. The molecule has 1 aromatic heterocycles. The first-order chi connectivity index (χ1) is 17.9. The Labute approximate surface area is 224 Å². The summed E-state index contributed by atoms with van der Waals surface area (Å²) >= 11 is 0. The minimum Gasteiger partial charge on any atom is -0.472 e. The molecule has 0 unspecified atom stereocenters. The Morgan fingerprint density at radius 2 is 2.00 bits per heavy atom. The van der Waals surface area contributed by atoms with E-state index in [1.165, 1.54) is 6.92 Å². The molecule has 1 aromatic rings. The molecule has 0 aromatic carbocycles. The maximum atomic E-state index is 13.1. The normalized spacial score (nSPS) is 46.8. The fourth-order valence-electron chi connectivity index (χ4n) is 9.82. The molecule has 7 heteroatoms. The van der Waals surface area contributed by atoms with Gasteiger partial charge in [0.1, 0.15) is 17.8 Å². The van der Waals surface area contributed by atoms with Crippen LogP contribution in [0.1, 0.15) is 72.3 Å². The van der Waals surface area contributed by atoms with Crippen molar-refractivity contribution in [3.63, 3.8) is 0 Å². The highest BCUT2D eigenvalue weighted by Gasteiger charge is 2.89. The van der Waals surface area contributed by atoms with Crippen LogP contribution in [-0.4, -0.2) is 41.9 Å². The van der Waals surface area contributed by atoms with Crippen LogP contribution in [0.25, 0.3) is 0 Å². The van der Waals surface area contributed by atoms with Crippen molar-refractivity contribution < 1.29 is 28.3 Å². The highest BCUT2D eigenvalue weighted by atomic mass is 16.6. The van der Waals surface area contributed by atoms with Crippen molar-refractivity contribution in [2.75, 3.05) is 6.61 Å². The van der Waals surface area contributed by atoms with Gasteiger partial charge in [0, 0.05) is 29.1 Å². The maximum absolute atomic E-state index is 13.1. The van der Waals surface area contributed by atoms with Gasteiger partial charge in [0.05, 0.1) is 18.2 Å². The molecule has 5 aliphatic rings. The Morgan fingerprint density at radius 3 is 2.66 bits per heavy atom. The summed E-state index contributed by atoms with van der Waals surface area (Å²) in [6.45, 7) is 12.4. The van der Waals surface area contributed by atoms with E-state index >= 15 is 0 Å². The van der Waals surface area contributed by atoms with E-state index in [0.29, 0.717) is 6.42 Å². The Hall–Kier alpha value is -2.85. The van der Waals surface area contributed by atoms with Crippen LogP contribution in [0.4, 0.5) is 0 Å². The largest absolute Gasteiger partial charge is 0.472 e. The topological polar surface area (TPSA) is 90.6 Å². The van der Waals surface area contributed by atoms with E-state index in [4.69, 9.17) is 25.2 Å². The molecule has 0 bridgehead atoms. The van der Waals surface area contributed by atoms with Crippen LogP contribution in [0.2, 0.25) is 0 Å². The summed E-state index contributed by atoms with van der Waals surface area (Å²) in [5.41, 5.74) is -0.493. The van der Waals surface area contributed by atoms with Gasteiger partial charge in [0.25, 0.3) is 0 Å². The second kappa shape index (κ2) is 7.85. The van der Waals surface area contributed by atoms with Gasteiger partial charge in [-0.25, -0.2) is 0 Å². The van der Waals surface area contributed by atoms with E-state index in [9.17, 15) is 9.59 Å². The third-order valence-corrected chi connectivity index (χ3v) is 11.4. The predicted octanol–water partition coefficient (Wildman–Crippen LogP) is 5.07. The molecule has 9 atom stereocenters. The molecule has 4 fully saturated rings. The van der Waals surface area contributed by atoms with Crippen LogP contribution in [0.3, 0.4) is 0 Å². The van der Waals surface area contributed by atoms with E-state index < -0.39 is 22.5 Å². The molecule has 4 aliphatic carbocycles. The minimum absolute atomic E-state index is 0.0334. The van der Waals surface area contributed by atoms with Gasteiger partial charge in [-0.15, -0.1) is 6.42 Å². The number of allylic oxidation sites excluding steroid dienone is 2. The van der Waals surface area contributed by atoms with Crippen LogP contribution in [0.5, 0.6) is 0 Å². The molecule has 202 valence electrons. The zero-order valence-electron chi connectivity index (χ0n) is 23.1. The van der Waals surface area contributed by atoms with Crippen molar-refractivity contribution in [3.8, 4) is 12.3 Å². The molecule has 1 aliphatic heterocycles. The molecule has 0 radical (unpaired) electrons. The minimum atomic E-state index is -0.628. The molecule has 1 spiro atoms. The zero-order valence-corrected chi connectivity index (χ0v) is 23.1. The SMILES string of the molecule is C#CCO/N=C1/[C@H]2O[C@]23[C@@]2(C)[C@H](CC[C@@]3(C)[C@@H]1c1ccoc1)[C@@]1(C)C=CC(=O)C(C)(C)[C@@H]1C[C@H]2OC(C)=O. The molecule has 1 saturated heterocycles. The molecular formula is C31H37NO6. The van der Waals surface area contributed by atoms with Gasteiger partial charge in [-0.3, -0.25) is 9.59 Å². The summed E-state index contributed by atoms with van der Waals surface area (Å²) in [7, 11) is 0. The lowest BCUT2D eigenvalue weighted by Gasteiger charge is -2.67. The van der Waals surface area contributed by atoms with Gasteiger partial charge in [-0.1, -0.05) is 51.8 Å². The third-order valence-electron chi connectivity index (χ3n) is 11.4. The lowest BCUT2D eigenvalue weighted by molar-refractivity contribution is -0.231. The number of esters is 1. The quantitative estimate of drug-likeness (QED) is 0.181. The Balaban J connectivity index is 1.54. The number of rotatable bonds is 4. The molecule has 7 nitrogen and oxygen atoms in total. The summed E-state index contributed by atoms with van der Waals surface area (Å²) in [4.78, 5) is 31.2. The summed E-state index contributed by atoms with van der Waals surface area (Å²) in [6.07, 6.45) is 14.5. The first-order valence-corrected chi connectivity index (χ1v) is 13.6. The number of carbonyl (C=O) groups excluding carboxylic acids is 2. The predicted molar refractivity (Wildman–Crippen MR) is 140 cm³/mol. The van der Waals surface area contributed by atoms with Crippen molar-refractivity contribution >= 4 is 17.5 Å². The van der Waals surface area contributed by atoms with Crippen molar-refractivity contribution in [1.82, 2.24) is 0 Å². The number of ether oxygens (including phenoxy) is 2. The van der Waals surface area contributed by atoms with Gasteiger partial charge in [-0.2, -0.15) is 0 Å². The van der Waals surface area contributed by atoms with E-state index in [2.05, 4.69) is 37.9 Å². The number of epoxide rings is 1. The number of fused-ring (bicyclic) bond motifs is 3. The highest BCUT2D eigenvalue weighted by molar-refractivity contribution is 6.02. The monoisotopic (exact) mass is 519 g/mol. The van der Waals surface area contributed by atoms with E-state index in [0.717, 1.165) is 24.1 Å². The number of hydrogen-bond donors (Lipinski definition) is 0. The molecule has 0 amide bonds. The van der Waals surface area contributed by atoms with E-state index in [1.54, 1.807) is 18.6 Å². The molecule has 2 heterocycles. The van der Waals surface area contributed by atoms with Crippen LogP contribution in [0, 0.1) is 45.8 Å². The molecular weight excluding hydrogens is 482 g/mol. The Bertz CT molecular complexity index is 1290. The second-order valence-electron chi connectivity index (χ2n) is 13.2. The van der Waals surface area contributed by atoms with Gasteiger partial charge in [0.15, 0.2) is 12.4 Å². The molecule has 3 saturated carbocycles. The average molecular weight is 520 g/mol. The second-order valence-corrected chi connectivity index (χ2v) is 13.2. The van der Waals surface area contributed by atoms with Gasteiger partial charge in [0.2, 0.25) is 0 Å². The Morgan fingerprint density at radius 1 is 1.24 bits per heavy atom. The van der Waals surface area contributed by atoms with Crippen molar-refractivity contribution in [3.05, 3.63) is 36.3 Å². The maximum Gasteiger partial charge on any atom is 0.302 e. The summed E-state index contributed by atoms with van der Waals surface area (Å²) in [6, 6.07) is 1.99. The zero-order chi connectivity index (χ0) is 27.3. The lowest BCUT2D eigenvalue weighted by atomic mass is 9.36. The van der Waals surface area contributed by atoms with Crippen molar-refractivity contribution in [2.45, 2.75) is 84.5 Å². The van der Waals surface area contributed by atoms with E-state index in [1.807, 2.05) is 19.9 Å². The lowest BCUT2D eigenvalue weighted by Crippen LogP contribution is -2.70. The number of oxime groups is 1. The fraction of sp³-hybridized carbons (Fsp3) is 0.645. The smallest absolute Gasteiger partial charge is 0.302 e. The molecule has 0 N–H and O–H groups in total. The number of hydrogen-bond acceptors (Lipinski definition) is 7. The van der Waals surface area contributed by atoms with Crippen molar-refractivity contribution in [1.29, 1.82) is 0 Å². The van der Waals surface area contributed by atoms with Crippen LogP contribution in [0.15, 0.2) is 40.3 Å². The van der Waals surface area contributed by atoms with Crippen LogP contribution in [-0.2, 0) is 23.9 Å². The highest BCUT2D eigenvalue weighted by Crippen LogP contribution is 2.81. The molecule has 38 heavy (non-hydrogen) atoms. The standard InChI is InChI=1S/C31H37NO6/c1-8-14-36-32-25-24(19-11-15-35-17-19)29(6)13-9-20-28(5)12-10-22(34)27(3,4)21(28)16-23(37-18(2)33)30(20,7)31(29)26(25)38-31/h1,10-12,15,17,20-21,23-24,26H,9,13-14,16H2,2-7H3/b32-25+/t20-,21+,23-,24-,26-,28-,29+,30+,31-/m1/s1. The first kappa shape index (κ1) is 25.4. The van der Waals surface area contributed by atoms with Crippen LogP contribution < -0.4 is 0 Å². The summed E-state index contributed by atoms with van der Waals surface area (Å²) in [5.74, 6) is 2.37. The summed E-state index contributed by atoms with van der Waals surface area (Å²) < 4.78 is 18.6. The Kier molecular flexibility index (Phi) is 5.25. The van der Waals surface area contributed by atoms with Gasteiger partial charge in [-0.05, 0) is 54.2 Å². The summed E-state index contributed by atoms with van der Waals surface area (Å²) in [5, 5.41) is 4.56. The van der Waals surface area contributed by atoms with E-state index in [-0.39, 0.29) is 53.0 Å². The molecule has 6 rings (SSSR count). The number of carbonyl (C=O) groups is 2. The van der Waals surface area contributed by atoms with Crippen molar-refractivity contribution in [2.24, 2.45) is 38.7 Å². The van der Waals surface area contributed by atoms with Crippen LogP contribution >= 0.6 is 0 Å². The van der Waals surface area contributed by atoms with Gasteiger partial charge < -0.3 is 18.7 Å². The average Bonchev–Trinajstić information content (AvgIpc) is 3.30.